The highest BCUT2D eigenvalue weighted by molar-refractivity contribution is 7.27. The highest BCUT2D eigenvalue weighted by Gasteiger charge is 2.44. The van der Waals surface area contributed by atoms with Crippen LogP contribution >= 0.6 is 34.0 Å². The van der Waals surface area contributed by atoms with Gasteiger partial charge in [-0.2, -0.15) is 0 Å². The summed E-state index contributed by atoms with van der Waals surface area (Å²) in [5.74, 6) is 0. The second kappa shape index (κ2) is 5.00. The largest absolute Gasteiger partial charge is 0.140 e. The van der Waals surface area contributed by atoms with Gasteiger partial charge < -0.3 is 0 Å². The first-order valence-electron chi connectivity index (χ1n) is 9.96. The molecule has 0 amide bonds. The van der Waals surface area contributed by atoms with Gasteiger partial charge in [0, 0.05) is 45.5 Å². The number of hydrogen-bond acceptors (Lipinski definition) is 3. The van der Waals surface area contributed by atoms with Gasteiger partial charge in [0.1, 0.15) is 0 Å². The number of rotatable bonds is 0. The van der Waals surface area contributed by atoms with E-state index in [2.05, 4.69) is 78.0 Å². The maximum absolute atomic E-state index is 2.49. The molecule has 3 heterocycles. The summed E-state index contributed by atoms with van der Waals surface area (Å²) in [6.45, 7) is 16.5. The molecule has 2 aliphatic rings. The van der Waals surface area contributed by atoms with E-state index < -0.39 is 0 Å². The molecule has 0 saturated heterocycles. The van der Waals surface area contributed by atoms with E-state index in [1.165, 1.54) is 56.7 Å². The Morgan fingerprint density at radius 1 is 0.643 bits per heavy atom. The lowest BCUT2D eigenvalue weighted by molar-refractivity contribution is 0.664. The van der Waals surface area contributed by atoms with E-state index in [0.717, 1.165) is 0 Å². The molecule has 28 heavy (non-hydrogen) atoms. The molecule has 3 aromatic heterocycles. The van der Waals surface area contributed by atoms with Gasteiger partial charge in [-0.15, -0.1) is 34.0 Å². The lowest BCUT2D eigenvalue weighted by atomic mass is 9.79. The summed E-state index contributed by atoms with van der Waals surface area (Å²) < 4.78 is 1.53. The summed E-state index contributed by atoms with van der Waals surface area (Å²) in [4.78, 5) is 7.42. The Morgan fingerprint density at radius 3 is 1.89 bits per heavy atom. The third-order valence-corrected chi connectivity index (χ3v) is 10.4. The number of thiophene rings is 3. The van der Waals surface area contributed by atoms with E-state index in [4.69, 9.17) is 0 Å². The third-order valence-electron chi connectivity index (χ3n) is 6.92. The van der Waals surface area contributed by atoms with Crippen molar-refractivity contribution in [3.8, 4) is 20.2 Å². The average Bonchev–Trinajstić information content (AvgIpc) is 3.32. The van der Waals surface area contributed by atoms with Gasteiger partial charge in [-0.1, -0.05) is 27.7 Å². The van der Waals surface area contributed by atoms with Crippen LogP contribution in [0.15, 0.2) is 18.2 Å². The van der Waals surface area contributed by atoms with E-state index >= 15 is 0 Å². The molecule has 6 rings (SSSR count). The molecule has 0 fully saturated rings. The molecule has 4 aromatic rings. The fraction of sp³-hybridized carbons (Fsp3) is 0.360. The molecular formula is C25H24S3. The Hall–Kier alpha value is -1.42. The predicted molar refractivity (Wildman–Crippen MR) is 127 cm³/mol. The van der Waals surface area contributed by atoms with Crippen molar-refractivity contribution >= 4 is 44.1 Å². The van der Waals surface area contributed by atoms with Gasteiger partial charge in [0.15, 0.2) is 0 Å². The molecular weight excluding hydrogens is 396 g/mol. The number of fused-ring (bicyclic) bond motifs is 9. The van der Waals surface area contributed by atoms with Crippen LogP contribution in [-0.2, 0) is 10.8 Å². The van der Waals surface area contributed by atoms with Crippen LogP contribution in [0, 0.1) is 20.8 Å². The first-order valence-corrected chi connectivity index (χ1v) is 12.4. The Balaban J connectivity index is 1.77. The van der Waals surface area contributed by atoms with E-state index in [0.29, 0.717) is 0 Å². The van der Waals surface area contributed by atoms with Crippen molar-refractivity contribution in [3.05, 3.63) is 55.8 Å². The molecule has 0 spiro atoms. The summed E-state index contributed by atoms with van der Waals surface area (Å²) in [5, 5.41) is 1.50. The first-order chi connectivity index (χ1) is 13.1. The molecule has 1 aromatic carbocycles. The van der Waals surface area contributed by atoms with Crippen molar-refractivity contribution in [2.75, 3.05) is 0 Å². The van der Waals surface area contributed by atoms with Crippen molar-refractivity contribution in [1.29, 1.82) is 0 Å². The smallest absolute Gasteiger partial charge is 0.0499 e. The van der Waals surface area contributed by atoms with Crippen LogP contribution in [0.25, 0.3) is 30.3 Å². The second-order valence-electron chi connectivity index (χ2n) is 9.58. The summed E-state index contributed by atoms with van der Waals surface area (Å²) in [7, 11) is 0. The Morgan fingerprint density at radius 2 is 1.21 bits per heavy atom. The minimum atomic E-state index is 0.0800. The molecule has 3 heteroatoms. The minimum Gasteiger partial charge on any atom is -0.140 e. The quantitative estimate of drug-likeness (QED) is 0.267. The zero-order valence-electron chi connectivity index (χ0n) is 17.5. The predicted octanol–water partition coefficient (Wildman–Crippen LogP) is 8.56. The Labute approximate surface area is 178 Å². The zero-order valence-corrected chi connectivity index (χ0v) is 19.9. The molecule has 2 aliphatic carbocycles. The van der Waals surface area contributed by atoms with Crippen molar-refractivity contribution in [1.82, 2.24) is 0 Å². The van der Waals surface area contributed by atoms with Crippen LogP contribution in [0.4, 0.5) is 0 Å². The Kier molecular flexibility index (Phi) is 3.12. The van der Waals surface area contributed by atoms with Crippen LogP contribution in [0.5, 0.6) is 0 Å². The molecule has 0 unspecified atom stereocenters. The molecule has 0 radical (unpaired) electrons. The lowest BCUT2D eigenvalue weighted by Crippen LogP contribution is -2.16. The SMILES string of the molecule is Cc1cc2c(s1)-c1sc3c4c(c(C)cc3c1C2(C)C)-c1sc(C)cc1C4(C)C. The molecule has 0 saturated carbocycles. The number of hydrogen-bond donors (Lipinski definition) is 0. The third kappa shape index (κ3) is 1.82. The summed E-state index contributed by atoms with van der Waals surface area (Å²) in [6, 6.07) is 7.34. The van der Waals surface area contributed by atoms with Gasteiger partial charge in [-0.3, -0.25) is 0 Å². The molecule has 0 atom stereocenters. The van der Waals surface area contributed by atoms with E-state index in [1.54, 1.807) is 11.1 Å². The van der Waals surface area contributed by atoms with Gasteiger partial charge in [0.2, 0.25) is 0 Å². The lowest BCUT2D eigenvalue weighted by Gasteiger charge is -2.24. The average molecular weight is 421 g/mol. The normalized spacial score (nSPS) is 17.7. The maximum atomic E-state index is 2.49. The summed E-state index contributed by atoms with van der Waals surface area (Å²) in [5.41, 5.74) is 9.35. The molecule has 0 aliphatic heterocycles. The highest BCUT2D eigenvalue weighted by atomic mass is 32.1. The Bertz CT molecular complexity index is 1330. The van der Waals surface area contributed by atoms with Crippen LogP contribution in [-0.4, -0.2) is 0 Å². The van der Waals surface area contributed by atoms with Crippen molar-refractivity contribution in [2.45, 2.75) is 59.3 Å². The molecule has 0 nitrogen and oxygen atoms in total. The van der Waals surface area contributed by atoms with Gasteiger partial charge >= 0.3 is 0 Å². The van der Waals surface area contributed by atoms with Crippen molar-refractivity contribution in [3.63, 3.8) is 0 Å². The monoisotopic (exact) mass is 420 g/mol. The summed E-state index contributed by atoms with van der Waals surface area (Å²) >= 11 is 6.01. The molecule has 0 bridgehead atoms. The topological polar surface area (TPSA) is 0 Å². The van der Waals surface area contributed by atoms with E-state index in [9.17, 15) is 0 Å². The fourth-order valence-corrected chi connectivity index (χ4v) is 9.88. The van der Waals surface area contributed by atoms with Crippen LogP contribution in [0.1, 0.15) is 65.3 Å². The highest BCUT2D eigenvalue weighted by Crippen LogP contribution is 2.62. The number of aryl methyl sites for hydroxylation is 3. The van der Waals surface area contributed by atoms with Gasteiger partial charge in [0.25, 0.3) is 0 Å². The minimum absolute atomic E-state index is 0.0800. The number of benzene rings is 1. The van der Waals surface area contributed by atoms with Crippen LogP contribution < -0.4 is 0 Å². The summed E-state index contributed by atoms with van der Waals surface area (Å²) in [6.07, 6.45) is 0. The fourth-order valence-electron chi connectivity index (χ4n) is 5.62. The van der Waals surface area contributed by atoms with Gasteiger partial charge in [-0.05, 0) is 72.2 Å². The second-order valence-corrected chi connectivity index (χ2v) is 13.1. The molecule has 142 valence electrons. The standard InChI is InChI=1S/C25H24S3/c1-11-8-14-18-23(22-16(24(18,4)5)10-13(3)27-22)28-20(14)19-17(11)21-15(25(19,6)7)9-12(2)26-21/h8-10H,1-7H3. The van der Waals surface area contributed by atoms with E-state index in [-0.39, 0.29) is 10.8 Å². The zero-order chi connectivity index (χ0) is 19.7. The van der Waals surface area contributed by atoms with E-state index in [1.807, 2.05) is 22.7 Å². The maximum Gasteiger partial charge on any atom is 0.0499 e. The molecule has 0 N–H and O–H groups in total. The van der Waals surface area contributed by atoms with Gasteiger partial charge in [-0.25, -0.2) is 0 Å². The van der Waals surface area contributed by atoms with Crippen molar-refractivity contribution in [2.24, 2.45) is 0 Å². The van der Waals surface area contributed by atoms with Gasteiger partial charge in [0.05, 0.1) is 0 Å². The van der Waals surface area contributed by atoms with Crippen molar-refractivity contribution < 1.29 is 0 Å². The first kappa shape index (κ1) is 17.4. The van der Waals surface area contributed by atoms with Crippen LogP contribution in [0.3, 0.4) is 0 Å². The van der Waals surface area contributed by atoms with Crippen LogP contribution in [0.2, 0.25) is 0 Å².